The highest BCUT2D eigenvalue weighted by Gasteiger charge is 2.27. The van der Waals surface area contributed by atoms with Crippen molar-refractivity contribution in [1.82, 2.24) is 19.9 Å². The Bertz CT molecular complexity index is 1090. The van der Waals surface area contributed by atoms with Gasteiger partial charge in [-0.15, -0.1) is 0 Å². The fraction of sp³-hybridized carbons (Fsp3) is 0.346. The van der Waals surface area contributed by atoms with Gasteiger partial charge >= 0.3 is 0 Å². The fourth-order valence-electron chi connectivity index (χ4n) is 4.16. The number of para-hydroxylation sites is 1. The van der Waals surface area contributed by atoms with E-state index in [1.165, 1.54) is 0 Å². The smallest absolute Gasteiger partial charge is 0.259 e. The molecule has 4 rings (SSSR count). The van der Waals surface area contributed by atoms with Crippen LogP contribution in [0.3, 0.4) is 0 Å². The summed E-state index contributed by atoms with van der Waals surface area (Å²) in [4.78, 5) is 40.8. The fourth-order valence-corrected chi connectivity index (χ4v) is 4.16. The molecule has 0 radical (unpaired) electrons. The molecule has 33 heavy (non-hydrogen) atoms. The average molecular weight is 444 g/mol. The van der Waals surface area contributed by atoms with Crippen LogP contribution >= 0.6 is 0 Å². The summed E-state index contributed by atoms with van der Waals surface area (Å²) in [6, 6.07) is 15.2. The van der Waals surface area contributed by atoms with E-state index < -0.39 is 0 Å². The summed E-state index contributed by atoms with van der Waals surface area (Å²) in [6.07, 6.45) is 7.36. The van der Waals surface area contributed by atoms with Crippen molar-refractivity contribution in [3.8, 4) is 0 Å². The minimum Gasteiger partial charge on any atom is -0.342 e. The van der Waals surface area contributed by atoms with Gasteiger partial charge in [-0.1, -0.05) is 24.3 Å². The third kappa shape index (κ3) is 6.00. The first-order valence-electron chi connectivity index (χ1n) is 11.5. The molecule has 1 N–H and O–H groups in total. The molecule has 7 heteroatoms. The molecule has 1 aliphatic heterocycles. The van der Waals surface area contributed by atoms with Crippen LogP contribution in [-0.4, -0.2) is 44.8 Å². The van der Waals surface area contributed by atoms with E-state index in [0.717, 1.165) is 43.6 Å². The molecule has 0 aliphatic carbocycles. The van der Waals surface area contributed by atoms with Crippen molar-refractivity contribution < 1.29 is 9.59 Å². The lowest BCUT2D eigenvalue weighted by Crippen LogP contribution is -2.39. The van der Waals surface area contributed by atoms with E-state index in [1.807, 2.05) is 60.4 Å². The molecule has 0 spiro atoms. The first kappa shape index (κ1) is 22.6. The van der Waals surface area contributed by atoms with Gasteiger partial charge in [0.25, 0.3) is 5.91 Å². The highest BCUT2D eigenvalue weighted by atomic mass is 16.2. The largest absolute Gasteiger partial charge is 0.342 e. The summed E-state index contributed by atoms with van der Waals surface area (Å²) in [5, 5.41) is 2.88. The van der Waals surface area contributed by atoms with Gasteiger partial charge in [-0.25, -0.2) is 9.97 Å². The maximum absolute atomic E-state index is 12.8. The SMILES string of the molecule is Cc1nc([C@H]2CCCN(C(=O)CCCc3ccccn3)C2)ncc1C(=O)Nc1ccccc1. The second kappa shape index (κ2) is 10.8. The maximum Gasteiger partial charge on any atom is 0.259 e. The number of anilines is 1. The highest BCUT2D eigenvalue weighted by Crippen LogP contribution is 2.26. The number of pyridine rings is 1. The van der Waals surface area contributed by atoms with Gasteiger partial charge in [0.2, 0.25) is 5.91 Å². The molecule has 2 aromatic heterocycles. The number of rotatable bonds is 7. The van der Waals surface area contributed by atoms with Crippen LogP contribution in [0.4, 0.5) is 5.69 Å². The third-order valence-electron chi connectivity index (χ3n) is 5.96. The topological polar surface area (TPSA) is 88.1 Å². The molecule has 1 atom stereocenters. The minimum atomic E-state index is -0.224. The van der Waals surface area contributed by atoms with Gasteiger partial charge in [-0.05, 0) is 56.9 Å². The van der Waals surface area contributed by atoms with Crippen molar-refractivity contribution in [3.63, 3.8) is 0 Å². The predicted octanol–water partition coefficient (Wildman–Crippen LogP) is 4.16. The van der Waals surface area contributed by atoms with Crippen LogP contribution in [0.1, 0.15) is 59.2 Å². The van der Waals surface area contributed by atoms with Gasteiger partial charge in [0.15, 0.2) is 0 Å². The summed E-state index contributed by atoms with van der Waals surface area (Å²) in [6.45, 7) is 3.22. The van der Waals surface area contributed by atoms with E-state index in [4.69, 9.17) is 0 Å². The maximum atomic E-state index is 12.8. The van der Waals surface area contributed by atoms with Crippen LogP contribution in [0.15, 0.2) is 60.9 Å². The normalized spacial score (nSPS) is 15.8. The van der Waals surface area contributed by atoms with E-state index in [-0.39, 0.29) is 17.7 Å². The zero-order valence-corrected chi connectivity index (χ0v) is 18.9. The summed E-state index contributed by atoms with van der Waals surface area (Å²) in [5.41, 5.74) is 2.85. The van der Waals surface area contributed by atoms with Crippen LogP contribution in [0.25, 0.3) is 0 Å². The van der Waals surface area contributed by atoms with Crippen LogP contribution in [-0.2, 0) is 11.2 Å². The first-order valence-corrected chi connectivity index (χ1v) is 11.5. The highest BCUT2D eigenvalue weighted by molar-refractivity contribution is 6.04. The molecule has 1 fully saturated rings. The number of hydrogen-bond acceptors (Lipinski definition) is 5. The molecule has 1 saturated heterocycles. The lowest BCUT2D eigenvalue weighted by atomic mass is 9.96. The Morgan fingerprint density at radius 1 is 1.09 bits per heavy atom. The van der Waals surface area contributed by atoms with Crippen LogP contribution in [0.2, 0.25) is 0 Å². The molecule has 3 heterocycles. The number of aryl methyl sites for hydroxylation is 2. The number of nitrogens with one attached hydrogen (secondary N) is 1. The summed E-state index contributed by atoms with van der Waals surface area (Å²) in [5.74, 6) is 0.739. The molecule has 170 valence electrons. The number of likely N-dealkylation sites (tertiary alicyclic amines) is 1. The molecule has 1 aliphatic rings. The number of carbonyl (C=O) groups is 2. The van der Waals surface area contributed by atoms with E-state index in [0.29, 0.717) is 30.0 Å². The number of amides is 2. The Morgan fingerprint density at radius 3 is 2.67 bits per heavy atom. The molecule has 3 aromatic rings. The molecule has 2 amide bonds. The Hall–Kier alpha value is -3.61. The molecule has 7 nitrogen and oxygen atoms in total. The van der Waals surface area contributed by atoms with E-state index >= 15 is 0 Å². The van der Waals surface area contributed by atoms with E-state index in [1.54, 1.807) is 12.4 Å². The van der Waals surface area contributed by atoms with Crippen molar-refractivity contribution in [2.45, 2.75) is 44.9 Å². The third-order valence-corrected chi connectivity index (χ3v) is 5.96. The van der Waals surface area contributed by atoms with Gasteiger partial charge < -0.3 is 10.2 Å². The van der Waals surface area contributed by atoms with Crippen molar-refractivity contribution in [2.75, 3.05) is 18.4 Å². The van der Waals surface area contributed by atoms with Crippen molar-refractivity contribution in [1.29, 1.82) is 0 Å². The second-order valence-corrected chi connectivity index (χ2v) is 8.40. The van der Waals surface area contributed by atoms with Gasteiger partial charge in [0, 0.05) is 49.2 Å². The summed E-state index contributed by atoms with van der Waals surface area (Å²) >= 11 is 0. The number of hydrogen-bond donors (Lipinski definition) is 1. The quantitative estimate of drug-likeness (QED) is 0.592. The van der Waals surface area contributed by atoms with Crippen LogP contribution < -0.4 is 5.32 Å². The standard InChI is InChI=1S/C26H29N5O2/c1-19-23(26(33)30-22-11-3-2-4-12-22)17-28-25(29-19)20-9-8-16-31(18-20)24(32)14-7-13-21-10-5-6-15-27-21/h2-6,10-12,15,17,20H,7-9,13-14,16,18H2,1H3,(H,30,33)/t20-/m0/s1. The van der Waals surface area contributed by atoms with Gasteiger partial charge in [-0.3, -0.25) is 14.6 Å². The number of benzene rings is 1. The van der Waals surface area contributed by atoms with Crippen molar-refractivity contribution in [2.24, 2.45) is 0 Å². The first-order chi connectivity index (χ1) is 16.1. The van der Waals surface area contributed by atoms with Crippen molar-refractivity contribution in [3.05, 3.63) is 83.7 Å². The van der Waals surface area contributed by atoms with Crippen LogP contribution in [0, 0.1) is 6.92 Å². The Kier molecular flexibility index (Phi) is 7.40. The zero-order valence-electron chi connectivity index (χ0n) is 18.9. The average Bonchev–Trinajstić information content (AvgIpc) is 2.85. The zero-order chi connectivity index (χ0) is 23.0. The van der Waals surface area contributed by atoms with Crippen LogP contribution in [0.5, 0.6) is 0 Å². The Labute approximate surface area is 194 Å². The monoisotopic (exact) mass is 443 g/mol. The molecule has 0 saturated carbocycles. The molecular weight excluding hydrogens is 414 g/mol. The number of piperidine rings is 1. The Balaban J connectivity index is 1.34. The van der Waals surface area contributed by atoms with E-state index in [2.05, 4.69) is 20.3 Å². The minimum absolute atomic E-state index is 0.0865. The summed E-state index contributed by atoms with van der Waals surface area (Å²) in [7, 11) is 0. The van der Waals surface area contributed by atoms with E-state index in [9.17, 15) is 9.59 Å². The number of aromatic nitrogens is 3. The molecular formula is C26H29N5O2. The second-order valence-electron chi connectivity index (χ2n) is 8.40. The summed E-state index contributed by atoms with van der Waals surface area (Å²) < 4.78 is 0. The van der Waals surface area contributed by atoms with Gasteiger partial charge in [0.05, 0.1) is 11.3 Å². The predicted molar refractivity (Wildman–Crippen MR) is 127 cm³/mol. The lowest BCUT2D eigenvalue weighted by molar-refractivity contribution is -0.132. The van der Waals surface area contributed by atoms with Crippen molar-refractivity contribution >= 4 is 17.5 Å². The molecule has 1 aromatic carbocycles. The molecule has 0 bridgehead atoms. The Morgan fingerprint density at radius 2 is 1.91 bits per heavy atom. The molecule has 0 unspecified atom stereocenters. The van der Waals surface area contributed by atoms with Gasteiger partial charge in [-0.2, -0.15) is 0 Å². The number of nitrogens with zero attached hydrogens (tertiary/aromatic N) is 4. The lowest BCUT2D eigenvalue weighted by Gasteiger charge is -2.32. The van der Waals surface area contributed by atoms with Gasteiger partial charge in [0.1, 0.15) is 5.82 Å². The number of carbonyl (C=O) groups excluding carboxylic acids is 2.